The molecule has 1 saturated heterocycles. The standard InChI is InChI=1S/C17H32N2OS/c1-5-8-13-17(20)19(16(18-13)11-12(2)3)14-9-6-7-10-15(14)21-4/h12-16,18H,5-11H2,1-4H3. The van der Waals surface area contributed by atoms with Crippen molar-refractivity contribution in [2.75, 3.05) is 6.26 Å². The van der Waals surface area contributed by atoms with Crippen LogP contribution in [0, 0.1) is 5.92 Å². The first kappa shape index (κ1) is 17.1. The zero-order valence-corrected chi connectivity index (χ0v) is 14.9. The maximum Gasteiger partial charge on any atom is 0.241 e. The van der Waals surface area contributed by atoms with Crippen LogP contribution in [-0.4, -0.2) is 40.6 Å². The van der Waals surface area contributed by atoms with E-state index >= 15 is 0 Å². The van der Waals surface area contributed by atoms with E-state index in [9.17, 15) is 4.79 Å². The van der Waals surface area contributed by atoms with Crippen LogP contribution in [0.2, 0.25) is 0 Å². The molecular weight excluding hydrogens is 280 g/mol. The van der Waals surface area contributed by atoms with Crippen LogP contribution in [0.1, 0.15) is 65.7 Å². The highest BCUT2D eigenvalue weighted by Gasteiger charge is 2.44. The van der Waals surface area contributed by atoms with Gasteiger partial charge in [-0.1, -0.05) is 40.0 Å². The Morgan fingerprint density at radius 2 is 2.05 bits per heavy atom. The summed E-state index contributed by atoms with van der Waals surface area (Å²) >= 11 is 1.96. The Morgan fingerprint density at radius 3 is 2.67 bits per heavy atom. The minimum Gasteiger partial charge on any atom is -0.322 e. The highest BCUT2D eigenvalue weighted by Crippen LogP contribution is 2.35. The number of rotatable bonds is 6. The second-order valence-electron chi connectivity index (χ2n) is 7.02. The molecule has 1 saturated carbocycles. The molecule has 1 amide bonds. The Bertz CT molecular complexity index is 348. The summed E-state index contributed by atoms with van der Waals surface area (Å²) in [4.78, 5) is 15.2. The van der Waals surface area contributed by atoms with E-state index in [0.29, 0.717) is 23.1 Å². The van der Waals surface area contributed by atoms with Crippen molar-refractivity contribution in [3.63, 3.8) is 0 Å². The minimum absolute atomic E-state index is 0.0585. The normalized spacial score (nSPS) is 34.0. The molecule has 1 aliphatic heterocycles. The average Bonchev–Trinajstić information content (AvgIpc) is 2.74. The van der Waals surface area contributed by atoms with Gasteiger partial charge >= 0.3 is 0 Å². The van der Waals surface area contributed by atoms with Gasteiger partial charge in [0.15, 0.2) is 0 Å². The highest BCUT2D eigenvalue weighted by atomic mass is 32.2. The Balaban J connectivity index is 2.16. The monoisotopic (exact) mass is 312 g/mol. The van der Waals surface area contributed by atoms with E-state index in [0.717, 1.165) is 19.3 Å². The summed E-state index contributed by atoms with van der Waals surface area (Å²) in [6.45, 7) is 6.68. The molecule has 1 N–H and O–H groups in total. The van der Waals surface area contributed by atoms with E-state index in [1.807, 2.05) is 11.8 Å². The van der Waals surface area contributed by atoms with Gasteiger partial charge in [-0.25, -0.2) is 0 Å². The number of amides is 1. The van der Waals surface area contributed by atoms with Crippen LogP contribution in [0.15, 0.2) is 0 Å². The average molecular weight is 313 g/mol. The van der Waals surface area contributed by atoms with E-state index in [1.54, 1.807) is 0 Å². The van der Waals surface area contributed by atoms with Crippen LogP contribution in [0.4, 0.5) is 0 Å². The molecule has 21 heavy (non-hydrogen) atoms. The van der Waals surface area contributed by atoms with Crippen molar-refractivity contribution in [2.24, 2.45) is 5.92 Å². The fourth-order valence-electron chi connectivity index (χ4n) is 3.91. The quantitative estimate of drug-likeness (QED) is 0.813. The lowest BCUT2D eigenvalue weighted by molar-refractivity contribution is -0.133. The zero-order chi connectivity index (χ0) is 15.4. The second-order valence-corrected chi connectivity index (χ2v) is 8.10. The molecule has 2 aliphatic rings. The van der Waals surface area contributed by atoms with Gasteiger partial charge in [0.05, 0.1) is 12.2 Å². The molecule has 4 unspecified atom stereocenters. The van der Waals surface area contributed by atoms with Crippen molar-refractivity contribution < 1.29 is 4.79 Å². The van der Waals surface area contributed by atoms with Gasteiger partial charge in [0.1, 0.15) is 0 Å². The molecule has 2 fully saturated rings. The third-order valence-corrected chi connectivity index (χ3v) is 6.04. The molecule has 0 bridgehead atoms. The topological polar surface area (TPSA) is 32.3 Å². The summed E-state index contributed by atoms with van der Waals surface area (Å²) in [5.74, 6) is 0.989. The maximum absolute atomic E-state index is 12.9. The molecular formula is C17H32N2OS. The van der Waals surface area contributed by atoms with E-state index in [4.69, 9.17) is 0 Å². The van der Waals surface area contributed by atoms with Crippen molar-refractivity contribution in [1.82, 2.24) is 10.2 Å². The molecule has 0 radical (unpaired) electrons. The maximum atomic E-state index is 12.9. The van der Waals surface area contributed by atoms with E-state index in [1.165, 1.54) is 25.7 Å². The summed E-state index contributed by atoms with van der Waals surface area (Å²) in [7, 11) is 0. The summed E-state index contributed by atoms with van der Waals surface area (Å²) in [6.07, 6.45) is 10.6. The number of carbonyl (C=O) groups excluding carboxylic acids is 1. The van der Waals surface area contributed by atoms with Crippen LogP contribution in [0.3, 0.4) is 0 Å². The summed E-state index contributed by atoms with van der Waals surface area (Å²) in [6, 6.07) is 0.502. The fourth-order valence-corrected chi connectivity index (χ4v) is 4.89. The first-order valence-electron chi connectivity index (χ1n) is 8.69. The lowest BCUT2D eigenvalue weighted by Crippen LogP contribution is -2.50. The summed E-state index contributed by atoms with van der Waals surface area (Å²) in [5, 5.41) is 4.26. The van der Waals surface area contributed by atoms with Crippen LogP contribution in [0.25, 0.3) is 0 Å². The van der Waals surface area contributed by atoms with E-state index < -0.39 is 0 Å². The largest absolute Gasteiger partial charge is 0.322 e. The third-order valence-electron chi connectivity index (χ3n) is 4.88. The van der Waals surface area contributed by atoms with Crippen LogP contribution < -0.4 is 5.32 Å². The molecule has 2 rings (SSSR count). The fraction of sp³-hybridized carbons (Fsp3) is 0.941. The van der Waals surface area contributed by atoms with Gasteiger partial charge in [0.25, 0.3) is 0 Å². The number of hydrogen-bond donors (Lipinski definition) is 1. The van der Waals surface area contributed by atoms with Gasteiger partial charge in [-0.05, 0) is 37.9 Å². The molecule has 4 atom stereocenters. The predicted octanol–water partition coefficient (Wildman–Crippen LogP) is 3.63. The lowest BCUT2D eigenvalue weighted by Gasteiger charge is -2.40. The number of nitrogens with zero attached hydrogens (tertiary/aromatic N) is 1. The van der Waals surface area contributed by atoms with E-state index in [-0.39, 0.29) is 12.2 Å². The third kappa shape index (κ3) is 3.95. The van der Waals surface area contributed by atoms with Gasteiger partial charge in [-0.2, -0.15) is 11.8 Å². The number of thioether (sulfide) groups is 1. The van der Waals surface area contributed by atoms with Gasteiger partial charge in [-0.15, -0.1) is 0 Å². The van der Waals surface area contributed by atoms with Crippen molar-refractivity contribution >= 4 is 17.7 Å². The van der Waals surface area contributed by atoms with Crippen molar-refractivity contribution in [2.45, 2.75) is 89.2 Å². The van der Waals surface area contributed by atoms with Gasteiger partial charge in [0.2, 0.25) is 5.91 Å². The Labute approximate surface area is 134 Å². The summed E-state index contributed by atoms with van der Waals surface area (Å²) < 4.78 is 0. The first-order valence-corrected chi connectivity index (χ1v) is 9.98. The number of hydrogen-bond acceptors (Lipinski definition) is 3. The molecule has 3 nitrogen and oxygen atoms in total. The number of carbonyl (C=O) groups is 1. The lowest BCUT2D eigenvalue weighted by atomic mass is 9.92. The molecule has 122 valence electrons. The first-order chi connectivity index (χ1) is 10.1. The predicted molar refractivity (Wildman–Crippen MR) is 91.5 cm³/mol. The second kappa shape index (κ2) is 7.87. The Hall–Kier alpha value is -0.220. The van der Waals surface area contributed by atoms with Crippen molar-refractivity contribution in [3.8, 4) is 0 Å². The SMILES string of the molecule is CCCC1NC(CC(C)C)N(C2CCCCC2SC)C1=O. The van der Waals surface area contributed by atoms with Crippen LogP contribution in [-0.2, 0) is 4.79 Å². The molecule has 0 aromatic rings. The minimum atomic E-state index is 0.0585. The molecule has 0 aromatic carbocycles. The van der Waals surface area contributed by atoms with Crippen LogP contribution in [0.5, 0.6) is 0 Å². The molecule has 0 spiro atoms. The Morgan fingerprint density at radius 1 is 1.33 bits per heavy atom. The molecule has 0 aromatic heterocycles. The zero-order valence-electron chi connectivity index (χ0n) is 14.1. The van der Waals surface area contributed by atoms with Crippen molar-refractivity contribution in [1.29, 1.82) is 0 Å². The highest BCUT2D eigenvalue weighted by molar-refractivity contribution is 7.99. The Kier molecular flexibility index (Phi) is 6.42. The smallest absolute Gasteiger partial charge is 0.241 e. The van der Waals surface area contributed by atoms with Gasteiger partial charge < -0.3 is 4.90 Å². The summed E-state index contributed by atoms with van der Waals surface area (Å²) in [5.41, 5.74) is 0. The van der Waals surface area contributed by atoms with E-state index in [2.05, 4.69) is 37.2 Å². The molecule has 1 aliphatic carbocycles. The number of nitrogens with one attached hydrogen (secondary N) is 1. The molecule has 1 heterocycles. The van der Waals surface area contributed by atoms with Crippen LogP contribution >= 0.6 is 11.8 Å². The van der Waals surface area contributed by atoms with Gasteiger partial charge in [0, 0.05) is 11.3 Å². The molecule has 4 heteroatoms. The van der Waals surface area contributed by atoms with Crippen molar-refractivity contribution in [3.05, 3.63) is 0 Å². The van der Waals surface area contributed by atoms with Gasteiger partial charge in [-0.3, -0.25) is 10.1 Å².